The molecule has 1 saturated carbocycles. The smallest absolute Gasteiger partial charge is 0.306 e. The Labute approximate surface area is 132 Å². The van der Waals surface area contributed by atoms with E-state index in [4.69, 9.17) is 0 Å². The van der Waals surface area contributed by atoms with Gasteiger partial charge in [-0.15, -0.1) is 0 Å². The predicted molar refractivity (Wildman–Crippen MR) is 84.6 cm³/mol. The summed E-state index contributed by atoms with van der Waals surface area (Å²) < 4.78 is 1.01. The topological polar surface area (TPSA) is 66.4 Å². The van der Waals surface area contributed by atoms with Crippen LogP contribution >= 0.6 is 22.6 Å². The molecule has 1 aromatic carbocycles. The van der Waals surface area contributed by atoms with Gasteiger partial charge in [-0.25, -0.2) is 0 Å². The Morgan fingerprint density at radius 1 is 1.30 bits per heavy atom. The largest absolute Gasteiger partial charge is 0.481 e. The van der Waals surface area contributed by atoms with Crippen LogP contribution in [0.5, 0.6) is 0 Å². The van der Waals surface area contributed by atoms with E-state index in [1.807, 2.05) is 18.2 Å². The standard InChI is InChI=1S/C15H18INO3/c16-12-6-3-5-10(8-12)14(18)17-9-11-4-1-2-7-13(11)15(19)20/h3,5-6,8,11,13H,1-2,4,7,9H2,(H,17,18)(H,19,20). The number of aliphatic carboxylic acids is 1. The highest BCUT2D eigenvalue weighted by Gasteiger charge is 2.30. The van der Waals surface area contributed by atoms with Crippen molar-refractivity contribution in [2.24, 2.45) is 11.8 Å². The third-order valence-corrected chi connectivity index (χ3v) is 4.51. The number of carbonyl (C=O) groups is 2. The van der Waals surface area contributed by atoms with Crippen LogP contribution in [-0.4, -0.2) is 23.5 Å². The molecule has 2 atom stereocenters. The normalized spacial score (nSPS) is 22.2. The highest BCUT2D eigenvalue weighted by atomic mass is 127. The Morgan fingerprint density at radius 3 is 2.75 bits per heavy atom. The second-order valence-electron chi connectivity index (χ2n) is 5.21. The van der Waals surface area contributed by atoms with E-state index in [0.29, 0.717) is 12.1 Å². The fourth-order valence-electron chi connectivity index (χ4n) is 2.73. The van der Waals surface area contributed by atoms with E-state index in [1.54, 1.807) is 6.07 Å². The van der Waals surface area contributed by atoms with Gasteiger partial charge in [-0.1, -0.05) is 18.9 Å². The van der Waals surface area contributed by atoms with Gasteiger partial charge >= 0.3 is 5.97 Å². The number of rotatable bonds is 4. The van der Waals surface area contributed by atoms with Crippen LogP contribution < -0.4 is 5.32 Å². The molecule has 2 N–H and O–H groups in total. The number of amides is 1. The summed E-state index contributed by atoms with van der Waals surface area (Å²) in [6.45, 7) is 0.446. The molecule has 0 radical (unpaired) electrons. The lowest BCUT2D eigenvalue weighted by molar-refractivity contribution is -0.144. The molecule has 0 spiro atoms. The van der Waals surface area contributed by atoms with Gasteiger partial charge in [0.2, 0.25) is 0 Å². The fraction of sp³-hybridized carbons (Fsp3) is 0.467. The van der Waals surface area contributed by atoms with Crippen molar-refractivity contribution < 1.29 is 14.7 Å². The van der Waals surface area contributed by atoms with Gasteiger partial charge in [-0.2, -0.15) is 0 Å². The van der Waals surface area contributed by atoms with Gasteiger partial charge in [-0.3, -0.25) is 9.59 Å². The molecule has 2 unspecified atom stereocenters. The maximum absolute atomic E-state index is 12.1. The van der Waals surface area contributed by atoms with Crippen molar-refractivity contribution in [1.82, 2.24) is 5.32 Å². The molecule has 5 heteroatoms. The lowest BCUT2D eigenvalue weighted by Gasteiger charge is -2.28. The molecular formula is C15H18INO3. The molecular weight excluding hydrogens is 369 g/mol. The number of nitrogens with one attached hydrogen (secondary N) is 1. The number of hydrogen-bond donors (Lipinski definition) is 2. The van der Waals surface area contributed by atoms with Crippen LogP contribution in [0.25, 0.3) is 0 Å². The molecule has 0 aromatic heterocycles. The van der Waals surface area contributed by atoms with E-state index in [1.165, 1.54) is 0 Å². The number of hydrogen-bond acceptors (Lipinski definition) is 2. The molecule has 1 aliphatic carbocycles. The molecule has 0 bridgehead atoms. The van der Waals surface area contributed by atoms with Gasteiger partial charge in [0.15, 0.2) is 0 Å². The van der Waals surface area contributed by atoms with Crippen LogP contribution in [0.1, 0.15) is 36.0 Å². The molecule has 1 aliphatic rings. The van der Waals surface area contributed by atoms with E-state index < -0.39 is 5.97 Å². The maximum Gasteiger partial charge on any atom is 0.306 e. The van der Waals surface area contributed by atoms with Crippen molar-refractivity contribution in [1.29, 1.82) is 0 Å². The van der Waals surface area contributed by atoms with E-state index >= 15 is 0 Å². The quantitative estimate of drug-likeness (QED) is 0.781. The van der Waals surface area contributed by atoms with Crippen molar-refractivity contribution in [2.75, 3.05) is 6.54 Å². The summed E-state index contributed by atoms with van der Waals surface area (Å²) in [4.78, 5) is 23.3. The van der Waals surface area contributed by atoms with Crippen LogP contribution in [0.4, 0.5) is 0 Å². The Morgan fingerprint density at radius 2 is 2.05 bits per heavy atom. The third kappa shape index (κ3) is 3.94. The average molecular weight is 387 g/mol. The Bertz CT molecular complexity index is 504. The van der Waals surface area contributed by atoms with Crippen LogP contribution in [-0.2, 0) is 4.79 Å². The van der Waals surface area contributed by atoms with E-state index in [9.17, 15) is 14.7 Å². The van der Waals surface area contributed by atoms with Crippen molar-refractivity contribution >= 4 is 34.5 Å². The monoisotopic (exact) mass is 387 g/mol. The summed E-state index contributed by atoms with van der Waals surface area (Å²) >= 11 is 2.16. The second kappa shape index (κ2) is 7.06. The molecule has 0 saturated heterocycles. The first-order valence-electron chi connectivity index (χ1n) is 6.84. The first-order valence-corrected chi connectivity index (χ1v) is 7.92. The number of carboxylic acids is 1. The molecule has 0 heterocycles. The minimum atomic E-state index is -0.738. The van der Waals surface area contributed by atoms with Gasteiger partial charge in [0.25, 0.3) is 5.91 Å². The van der Waals surface area contributed by atoms with Crippen LogP contribution in [0.3, 0.4) is 0 Å². The van der Waals surface area contributed by atoms with Crippen LogP contribution in [0, 0.1) is 15.4 Å². The molecule has 1 fully saturated rings. The van der Waals surface area contributed by atoms with Crippen molar-refractivity contribution in [3.05, 3.63) is 33.4 Å². The highest BCUT2D eigenvalue weighted by molar-refractivity contribution is 14.1. The van der Waals surface area contributed by atoms with Gasteiger partial charge in [0.1, 0.15) is 0 Å². The second-order valence-corrected chi connectivity index (χ2v) is 6.46. The number of halogens is 1. The summed E-state index contributed by atoms with van der Waals surface area (Å²) in [5, 5.41) is 12.1. The zero-order chi connectivity index (χ0) is 14.5. The number of carboxylic acid groups (broad SMARTS) is 1. The van der Waals surface area contributed by atoms with Crippen molar-refractivity contribution in [3.8, 4) is 0 Å². The lowest BCUT2D eigenvalue weighted by atomic mass is 9.79. The van der Waals surface area contributed by atoms with Gasteiger partial charge < -0.3 is 10.4 Å². The number of carbonyl (C=O) groups excluding carboxylic acids is 1. The van der Waals surface area contributed by atoms with E-state index in [2.05, 4.69) is 27.9 Å². The maximum atomic E-state index is 12.1. The van der Waals surface area contributed by atoms with Gasteiger partial charge in [-0.05, 0) is 59.5 Å². The number of benzene rings is 1. The predicted octanol–water partition coefficient (Wildman–Crippen LogP) is 2.91. The van der Waals surface area contributed by atoms with Crippen LogP contribution in [0.15, 0.2) is 24.3 Å². The molecule has 0 aliphatic heterocycles. The SMILES string of the molecule is O=C(NCC1CCCCC1C(=O)O)c1cccc(I)c1. The first kappa shape index (κ1) is 15.3. The minimum Gasteiger partial charge on any atom is -0.481 e. The zero-order valence-corrected chi connectivity index (χ0v) is 13.3. The highest BCUT2D eigenvalue weighted by Crippen LogP contribution is 2.29. The third-order valence-electron chi connectivity index (χ3n) is 3.84. The fourth-order valence-corrected chi connectivity index (χ4v) is 3.28. The van der Waals surface area contributed by atoms with Crippen molar-refractivity contribution in [2.45, 2.75) is 25.7 Å². The van der Waals surface area contributed by atoms with Crippen LogP contribution in [0.2, 0.25) is 0 Å². The Kier molecular flexibility index (Phi) is 5.39. The lowest BCUT2D eigenvalue weighted by Crippen LogP contribution is -2.37. The van der Waals surface area contributed by atoms with E-state index in [0.717, 1.165) is 29.3 Å². The summed E-state index contributed by atoms with van der Waals surface area (Å²) in [7, 11) is 0. The summed E-state index contributed by atoms with van der Waals surface area (Å²) in [6.07, 6.45) is 3.62. The zero-order valence-electron chi connectivity index (χ0n) is 11.1. The van der Waals surface area contributed by atoms with Crippen molar-refractivity contribution in [3.63, 3.8) is 0 Å². The molecule has 1 amide bonds. The molecule has 108 valence electrons. The molecule has 4 nitrogen and oxygen atoms in total. The Hall–Kier alpha value is -1.11. The first-order chi connectivity index (χ1) is 9.58. The van der Waals surface area contributed by atoms with E-state index in [-0.39, 0.29) is 17.7 Å². The molecule has 2 rings (SSSR count). The Balaban J connectivity index is 1.93. The minimum absolute atomic E-state index is 0.0491. The summed E-state index contributed by atoms with van der Waals surface area (Å²) in [5.74, 6) is -1.13. The summed E-state index contributed by atoms with van der Waals surface area (Å²) in [6, 6.07) is 7.37. The molecule has 1 aromatic rings. The average Bonchev–Trinajstić information content (AvgIpc) is 2.45. The molecule has 20 heavy (non-hydrogen) atoms. The van der Waals surface area contributed by atoms with Gasteiger partial charge in [0, 0.05) is 15.7 Å². The van der Waals surface area contributed by atoms with Gasteiger partial charge in [0.05, 0.1) is 5.92 Å². The summed E-state index contributed by atoms with van der Waals surface area (Å²) in [5.41, 5.74) is 0.625.